The number of carbonyl (C=O) groups is 2. The Bertz CT molecular complexity index is 848. The van der Waals surface area contributed by atoms with Gasteiger partial charge in [0, 0.05) is 10.6 Å². The van der Waals surface area contributed by atoms with Crippen molar-refractivity contribution in [3.05, 3.63) is 45.6 Å². The second-order valence-corrected chi connectivity index (χ2v) is 7.39. The first-order valence-electron chi connectivity index (χ1n) is 8.64. The van der Waals surface area contributed by atoms with Gasteiger partial charge < -0.3 is 14.8 Å². The van der Waals surface area contributed by atoms with Gasteiger partial charge in [-0.2, -0.15) is 0 Å². The number of amides is 2. The van der Waals surface area contributed by atoms with Gasteiger partial charge in [0.1, 0.15) is 12.7 Å². The number of hydrogen-bond donors (Lipinski definition) is 1. The molecule has 4 rings (SSSR count). The molecule has 1 aromatic carbocycles. The number of fused-ring (bicyclic) bond motifs is 1. The summed E-state index contributed by atoms with van der Waals surface area (Å²) < 4.78 is 10.8. The average molecular weight is 372 g/mol. The number of benzene rings is 1. The van der Waals surface area contributed by atoms with Crippen LogP contribution in [0.4, 0.5) is 16.2 Å². The zero-order chi connectivity index (χ0) is 18.1. The van der Waals surface area contributed by atoms with E-state index in [0.717, 1.165) is 22.5 Å². The van der Waals surface area contributed by atoms with E-state index >= 15 is 0 Å². The number of aryl methyl sites for hydroxylation is 1. The Hall–Kier alpha value is -2.38. The van der Waals surface area contributed by atoms with Crippen molar-refractivity contribution in [2.45, 2.75) is 25.9 Å². The fourth-order valence-electron chi connectivity index (χ4n) is 3.35. The van der Waals surface area contributed by atoms with E-state index in [-0.39, 0.29) is 24.5 Å². The van der Waals surface area contributed by atoms with E-state index in [2.05, 4.69) is 11.4 Å². The summed E-state index contributed by atoms with van der Waals surface area (Å²) >= 11 is 1.64. The van der Waals surface area contributed by atoms with Crippen molar-refractivity contribution in [1.82, 2.24) is 0 Å². The maximum atomic E-state index is 12.5. The van der Waals surface area contributed by atoms with Gasteiger partial charge in [0.15, 0.2) is 0 Å². The molecule has 136 valence electrons. The summed E-state index contributed by atoms with van der Waals surface area (Å²) in [5.74, 6) is -0.102. The second-order valence-electron chi connectivity index (χ2n) is 6.44. The van der Waals surface area contributed by atoms with Crippen molar-refractivity contribution < 1.29 is 19.1 Å². The molecule has 2 aliphatic rings. The second kappa shape index (κ2) is 7.09. The van der Waals surface area contributed by atoms with Crippen LogP contribution in [0.1, 0.15) is 28.5 Å². The van der Waals surface area contributed by atoms with E-state index < -0.39 is 0 Å². The van der Waals surface area contributed by atoms with Gasteiger partial charge in [-0.25, -0.2) is 4.79 Å². The first-order chi connectivity index (χ1) is 12.6. The summed E-state index contributed by atoms with van der Waals surface area (Å²) in [4.78, 5) is 27.1. The lowest BCUT2D eigenvalue weighted by Crippen LogP contribution is -2.24. The summed E-state index contributed by atoms with van der Waals surface area (Å²) in [6.45, 7) is 3.49. The number of thiophene rings is 1. The van der Waals surface area contributed by atoms with E-state index in [1.165, 1.54) is 5.56 Å². The van der Waals surface area contributed by atoms with Crippen LogP contribution in [0.3, 0.4) is 0 Å². The van der Waals surface area contributed by atoms with E-state index in [4.69, 9.17) is 9.47 Å². The topological polar surface area (TPSA) is 67.9 Å². The fraction of sp³-hybridized carbons (Fsp3) is 0.368. The van der Waals surface area contributed by atoms with Gasteiger partial charge in [-0.3, -0.25) is 9.69 Å². The van der Waals surface area contributed by atoms with Crippen LogP contribution < -0.4 is 10.2 Å². The molecule has 0 saturated carbocycles. The van der Waals surface area contributed by atoms with Gasteiger partial charge in [-0.1, -0.05) is 6.07 Å². The molecule has 1 fully saturated rings. The molecule has 1 N–H and O–H groups in total. The van der Waals surface area contributed by atoms with Crippen molar-refractivity contribution in [3.8, 4) is 0 Å². The molecule has 0 spiro atoms. The number of ether oxygens (including phenoxy) is 2. The van der Waals surface area contributed by atoms with E-state index in [9.17, 15) is 9.59 Å². The number of nitrogens with zero attached hydrogens (tertiary/aromatic N) is 1. The van der Waals surface area contributed by atoms with Crippen LogP contribution in [0, 0.1) is 6.92 Å². The monoisotopic (exact) mass is 372 g/mol. The zero-order valence-electron chi connectivity index (χ0n) is 14.5. The molecule has 0 radical (unpaired) electrons. The molecule has 2 aromatic rings. The minimum absolute atomic E-state index is 0.102. The molecule has 0 bridgehead atoms. The number of cyclic esters (lactones) is 1. The summed E-state index contributed by atoms with van der Waals surface area (Å²) in [5.41, 5.74) is 3.67. The minimum Gasteiger partial charge on any atom is -0.447 e. The smallest absolute Gasteiger partial charge is 0.414 e. The molecule has 3 heterocycles. The molecule has 26 heavy (non-hydrogen) atoms. The molecule has 1 saturated heterocycles. The third-order valence-electron chi connectivity index (χ3n) is 4.68. The summed E-state index contributed by atoms with van der Waals surface area (Å²) in [5, 5.41) is 4.97. The van der Waals surface area contributed by atoms with Gasteiger partial charge in [0.05, 0.1) is 25.3 Å². The van der Waals surface area contributed by atoms with Crippen LogP contribution in [0.25, 0.3) is 0 Å². The Labute approximate surface area is 155 Å². The van der Waals surface area contributed by atoms with Crippen molar-refractivity contribution in [2.24, 2.45) is 0 Å². The van der Waals surface area contributed by atoms with E-state index in [1.54, 1.807) is 16.2 Å². The Morgan fingerprint density at radius 3 is 3.04 bits per heavy atom. The van der Waals surface area contributed by atoms with Crippen LogP contribution in [-0.4, -0.2) is 31.8 Å². The van der Waals surface area contributed by atoms with E-state index in [1.807, 2.05) is 30.5 Å². The first kappa shape index (κ1) is 17.1. The highest BCUT2D eigenvalue weighted by atomic mass is 32.1. The molecule has 1 aromatic heterocycles. The molecular formula is C19H20N2O4S. The summed E-state index contributed by atoms with van der Waals surface area (Å²) in [6, 6.07) is 7.66. The molecule has 6 nitrogen and oxygen atoms in total. The molecule has 7 heteroatoms. The molecule has 2 amide bonds. The number of nitrogens with one attached hydrogen (secondary N) is 1. The number of rotatable bonds is 4. The lowest BCUT2D eigenvalue weighted by molar-refractivity contribution is -0.119. The molecule has 0 aliphatic carbocycles. The quantitative estimate of drug-likeness (QED) is 0.889. The van der Waals surface area contributed by atoms with Crippen LogP contribution in [0.2, 0.25) is 0 Å². The SMILES string of the molecule is Cc1ccc(NC(=O)CC2OCCc3ccsc32)cc1N1CCOC1=O. The van der Waals surface area contributed by atoms with Crippen molar-refractivity contribution >= 4 is 34.7 Å². The van der Waals surface area contributed by atoms with Gasteiger partial charge in [0.25, 0.3) is 0 Å². The van der Waals surface area contributed by atoms with E-state index in [0.29, 0.717) is 25.4 Å². The highest BCUT2D eigenvalue weighted by molar-refractivity contribution is 7.10. The van der Waals surface area contributed by atoms with Gasteiger partial charge in [-0.05, 0) is 48.1 Å². The third-order valence-corrected chi connectivity index (χ3v) is 5.73. The third kappa shape index (κ3) is 3.32. The highest BCUT2D eigenvalue weighted by Crippen LogP contribution is 2.34. The minimum atomic E-state index is -0.350. The summed E-state index contributed by atoms with van der Waals surface area (Å²) in [7, 11) is 0. The summed E-state index contributed by atoms with van der Waals surface area (Å²) in [6.07, 6.45) is 0.654. The van der Waals surface area contributed by atoms with Crippen molar-refractivity contribution in [3.63, 3.8) is 0 Å². The van der Waals surface area contributed by atoms with Gasteiger partial charge in [-0.15, -0.1) is 11.3 Å². The van der Waals surface area contributed by atoms with Gasteiger partial charge in [0.2, 0.25) is 5.91 Å². The molecular weight excluding hydrogens is 352 g/mol. The predicted octanol–water partition coefficient (Wildman–Crippen LogP) is 3.66. The Morgan fingerprint density at radius 2 is 2.23 bits per heavy atom. The maximum Gasteiger partial charge on any atom is 0.414 e. The van der Waals surface area contributed by atoms with Crippen LogP contribution in [0.15, 0.2) is 29.6 Å². The zero-order valence-corrected chi connectivity index (χ0v) is 15.3. The highest BCUT2D eigenvalue weighted by Gasteiger charge is 2.26. The molecule has 1 unspecified atom stereocenters. The molecule has 1 atom stereocenters. The largest absolute Gasteiger partial charge is 0.447 e. The van der Waals surface area contributed by atoms with Crippen LogP contribution in [0.5, 0.6) is 0 Å². The van der Waals surface area contributed by atoms with Crippen molar-refractivity contribution in [2.75, 3.05) is 30.0 Å². The lowest BCUT2D eigenvalue weighted by Gasteiger charge is -2.23. The normalized spacial score (nSPS) is 19.2. The average Bonchev–Trinajstić information content (AvgIpc) is 3.26. The molecule has 2 aliphatic heterocycles. The maximum absolute atomic E-state index is 12.5. The lowest BCUT2D eigenvalue weighted by atomic mass is 10.1. The number of hydrogen-bond acceptors (Lipinski definition) is 5. The van der Waals surface area contributed by atoms with Gasteiger partial charge >= 0.3 is 6.09 Å². The standard InChI is InChI=1S/C19H20N2O4S/c1-12-2-3-14(10-15(12)21-6-8-25-19(21)23)20-17(22)11-16-18-13(4-7-24-16)5-9-26-18/h2-3,5,9-10,16H,4,6-8,11H2,1H3,(H,20,22). The first-order valence-corrected chi connectivity index (χ1v) is 9.52. The number of anilines is 2. The fourth-order valence-corrected chi connectivity index (χ4v) is 4.35. The Balaban J connectivity index is 1.46. The predicted molar refractivity (Wildman–Crippen MR) is 99.8 cm³/mol. The number of carbonyl (C=O) groups excluding carboxylic acids is 2. The Kier molecular flexibility index (Phi) is 4.65. The van der Waals surface area contributed by atoms with Crippen LogP contribution in [-0.2, 0) is 20.7 Å². The Morgan fingerprint density at radius 1 is 1.35 bits per heavy atom. The van der Waals surface area contributed by atoms with Crippen LogP contribution >= 0.6 is 11.3 Å². The van der Waals surface area contributed by atoms with Crippen molar-refractivity contribution in [1.29, 1.82) is 0 Å².